The molecular formula is C84H85Cl8F3N8O4. The summed E-state index contributed by atoms with van der Waals surface area (Å²) in [6, 6.07) is 44.4. The van der Waals surface area contributed by atoms with Crippen molar-refractivity contribution in [1.29, 1.82) is 0 Å². The van der Waals surface area contributed by atoms with E-state index in [1.165, 1.54) is 62.9 Å². The van der Waals surface area contributed by atoms with E-state index in [2.05, 4.69) is 72.1 Å². The molecule has 4 aliphatic heterocycles. The number of hydrogen-bond acceptors (Lipinski definition) is 8. The molecule has 4 atom stereocenters. The Morgan fingerprint density at radius 3 is 0.879 bits per heavy atom. The summed E-state index contributed by atoms with van der Waals surface area (Å²) in [5.41, 5.74) is 12.1. The van der Waals surface area contributed by atoms with Crippen LogP contribution < -0.4 is 0 Å². The highest BCUT2D eigenvalue weighted by molar-refractivity contribution is 6.42. The van der Waals surface area contributed by atoms with Gasteiger partial charge in [-0.05, 0) is 222 Å². The molecule has 16 rings (SSSR count). The predicted octanol–water partition coefficient (Wildman–Crippen LogP) is 19.8. The van der Waals surface area contributed by atoms with E-state index in [0.29, 0.717) is 55.9 Å². The Morgan fingerprint density at radius 2 is 0.570 bits per heavy atom. The Balaban J connectivity index is 0.000000126. The average molecular weight is 1610 g/mol. The van der Waals surface area contributed by atoms with Crippen molar-refractivity contribution in [3.63, 3.8) is 0 Å². The van der Waals surface area contributed by atoms with Gasteiger partial charge in [0, 0.05) is 170 Å². The van der Waals surface area contributed by atoms with Crippen LogP contribution in [-0.4, -0.2) is 113 Å². The van der Waals surface area contributed by atoms with Crippen molar-refractivity contribution < 1.29 is 33.6 Å². The van der Waals surface area contributed by atoms with E-state index >= 15 is 0 Å². The molecule has 0 amide bonds. The molecule has 8 aromatic carbocycles. The van der Waals surface area contributed by atoms with Crippen LogP contribution in [0, 0.1) is 17.5 Å². The zero-order valence-electron chi connectivity index (χ0n) is 60.8. The predicted molar refractivity (Wildman–Crippen MR) is 432 cm³/mol. The fourth-order valence-electron chi connectivity index (χ4n) is 15.8. The fourth-order valence-corrected chi connectivity index (χ4v) is 17.1. The number of aliphatic hydroxyl groups is 4. The highest BCUT2D eigenvalue weighted by atomic mass is 35.5. The van der Waals surface area contributed by atoms with Crippen LogP contribution in [0.2, 0.25) is 40.2 Å². The highest BCUT2D eigenvalue weighted by Gasteiger charge is 2.35. The van der Waals surface area contributed by atoms with Gasteiger partial charge in [0.05, 0.1) is 41.2 Å². The molecule has 8 heterocycles. The van der Waals surface area contributed by atoms with Crippen molar-refractivity contribution in [3.05, 3.63) is 277 Å². The summed E-state index contributed by atoms with van der Waals surface area (Å²) >= 11 is 49.0. The molecule has 4 aromatic heterocycles. The largest absolute Gasteiger partial charge is 0.384 e. The monoisotopic (exact) mass is 1610 g/mol. The molecule has 0 saturated heterocycles. The first-order valence-electron chi connectivity index (χ1n) is 35.6. The molecule has 562 valence electrons. The Kier molecular flexibility index (Phi) is 23.2. The van der Waals surface area contributed by atoms with Crippen LogP contribution in [0.15, 0.2) is 152 Å². The van der Waals surface area contributed by atoms with E-state index in [-0.39, 0.29) is 11.6 Å². The molecule has 0 aliphatic carbocycles. The van der Waals surface area contributed by atoms with Gasteiger partial charge in [-0.15, -0.1) is 0 Å². The number of nitrogens with zero attached hydrogens (tertiary/aromatic N) is 8. The summed E-state index contributed by atoms with van der Waals surface area (Å²) in [7, 11) is 8.44. The second-order valence-electron chi connectivity index (χ2n) is 30.1. The molecule has 4 unspecified atom stereocenters. The van der Waals surface area contributed by atoms with Crippen LogP contribution in [0.1, 0.15) is 95.0 Å². The summed E-state index contributed by atoms with van der Waals surface area (Å²) in [6.45, 7) is 15.8. The molecule has 107 heavy (non-hydrogen) atoms. The lowest BCUT2D eigenvalue weighted by atomic mass is 9.95. The third-order valence-corrected chi connectivity index (χ3v) is 23.8. The lowest BCUT2D eigenvalue weighted by molar-refractivity contribution is 0.0377. The number of fused-ring (bicyclic) bond motifs is 12. The van der Waals surface area contributed by atoms with Crippen LogP contribution in [0.4, 0.5) is 13.2 Å². The van der Waals surface area contributed by atoms with Gasteiger partial charge in [0.15, 0.2) is 11.6 Å². The van der Waals surface area contributed by atoms with Gasteiger partial charge in [0.1, 0.15) is 28.2 Å². The summed E-state index contributed by atoms with van der Waals surface area (Å²) in [4.78, 5) is 9.16. The van der Waals surface area contributed by atoms with E-state index in [9.17, 15) is 33.6 Å². The van der Waals surface area contributed by atoms with Crippen LogP contribution in [0.3, 0.4) is 0 Å². The maximum Gasteiger partial charge on any atom is 0.159 e. The van der Waals surface area contributed by atoms with Gasteiger partial charge in [-0.2, -0.15) is 0 Å². The van der Waals surface area contributed by atoms with E-state index < -0.39 is 39.9 Å². The second-order valence-corrected chi connectivity index (χ2v) is 33.5. The minimum Gasteiger partial charge on any atom is -0.384 e. The van der Waals surface area contributed by atoms with Gasteiger partial charge in [-0.25, -0.2) is 13.2 Å². The third kappa shape index (κ3) is 16.7. The van der Waals surface area contributed by atoms with Gasteiger partial charge in [-0.3, -0.25) is 0 Å². The number of rotatable bonds is 12. The normalized spacial score (nSPS) is 17.1. The summed E-state index contributed by atoms with van der Waals surface area (Å²) < 4.78 is 49.7. The fraction of sp³-hybridized carbons (Fsp3) is 0.333. The van der Waals surface area contributed by atoms with Gasteiger partial charge in [0.25, 0.3) is 0 Å². The van der Waals surface area contributed by atoms with Crippen molar-refractivity contribution in [3.8, 4) is 0 Å². The first-order valence-corrected chi connectivity index (χ1v) is 38.6. The van der Waals surface area contributed by atoms with Gasteiger partial charge in [0.2, 0.25) is 0 Å². The number of likely N-dealkylation sites (N-methyl/N-ethyl adjacent to an activating group) is 4. The molecule has 0 bridgehead atoms. The number of aromatic nitrogens is 4. The SMILES string of the molecule is CN1CCc2c(c3cc(Cl)ccc3n2CC(C)(O)c2ccc(Cl)c(Cl)c2)C1.CN1CCc2c(c3cc(Cl)ccc3n2CC(C)(O)c2ccc(Cl)c(F)c2)C1.CN1CCc2c(c3cc(Cl)ccc3n2CC(C)(O)c2ccc(Cl)cc2)C1.CN1CCc2c(c3cc(Cl)ccc3n2CC(C)(O)c2ccc(F)c(F)c2)C1. The highest BCUT2D eigenvalue weighted by Crippen LogP contribution is 2.42. The maximum absolute atomic E-state index is 13.9. The minimum atomic E-state index is -1.35. The zero-order valence-corrected chi connectivity index (χ0v) is 66.8. The van der Waals surface area contributed by atoms with E-state index in [1.807, 2.05) is 111 Å². The summed E-state index contributed by atoms with van der Waals surface area (Å²) in [6.07, 6.45) is 3.65. The molecule has 0 fully saturated rings. The second kappa shape index (κ2) is 31.5. The quantitative estimate of drug-likeness (QED) is 0.0957. The number of halogens is 11. The Morgan fingerprint density at radius 1 is 0.299 bits per heavy atom. The van der Waals surface area contributed by atoms with E-state index in [4.69, 9.17) is 92.8 Å². The van der Waals surface area contributed by atoms with E-state index in [1.54, 1.807) is 32.0 Å². The van der Waals surface area contributed by atoms with Crippen LogP contribution in [0.25, 0.3) is 43.6 Å². The molecule has 0 spiro atoms. The van der Waals surface area contributed by atoms with Crippen molar-refractivity contribution in [1.82, 2.24) is 37.9 Å². The zero-order chi connectivity index (χ0) is 76.5. The molecule has 23 heteroatoms. The summed E-state index contributed by atoms with van der Waals surface area (Å²) in [5.74, 6) is -2.40. The minimum absolute atomic E-state index is 0.0519. The van der Waals surface area contributed by atoms with Gasteiger partial charge in [-0.1, -0.05) is 123 Å². The van der Waals surface area contributed by atoms with Crippen molar-refractivity contribution in [2.24, 2.45) is 0 Å². The molecule has 4 N–H and O–H groups in total. The number of benzene rings is 8. The Labute approximate surface area is 662 Å². The standard InChI is InChI=1S/C21H21Cl3N2O.C21H21Cl2FN2O.C21H22Cl2N2O.C21H21ClF2N2O/c2*1-21(27,13-3-5-17(23)18(24)9-13)12-26-19-6-4-14(22)10-15(19)16-11-25(2)8-7-20(16)26;1-21(26,14-3-5-15(22)6-4-14)13-25-19-8-7-16(23)11-17(19)18-12-24(2)10-9-20(18)25;1-21(27,13-3-5-17(23)18(24)9-13)12-26-19-6-4-14(22)10-15(19)16-11-25(2)8-7-20(16)26/h2*3-6,9-10,27H,7-8,11-12H2,1-2H3;3-8,11,26H,9-10,12-13H2,1-2H3;3-6,9-10,27H,7-8,11-12H2,1-2H3. The summed E-state index contributed by atoms with van der Waals surface area (Å²) in [5, 5.41) is 53.8. The first-order chi connectivity index (χ1) is 50.6. The van der Waals surface area contributed by atoms with E-state index in [0.717, 1.165) is 155 Å². The van der Waals surface area contributed by atoms with Crippen LogP contribution in [-0.2, 0) is 100 Å². The number of hydrogen-bond donors (Lipinski definition) is 4. The third-order valence-electron chi connectivity index (χ3n) is 21.6. The topological polar surface area (TPSA) is 114 Å². The lowest BCUT2D eigenvalue weighted by Gasteiger charge is -2.29. The molecule has 12 nitrogen and oxygen atoms in total. The smallest absolute Gasteiger partial charge is 0.159 e. The molecule has 12 aromatic rings. The van der Waals surface area contributed by atoms with Crippen molar-refractivity contribution in [2.45, 2.75) is 128 Å². The molecular weight excluding hydrogens is 1530 g/mol. The lowest BCUT2D eigenvalue weighted by Crippen LogP contribution is -2.31. The van der Waals surface area contributed by atoms with Crippen molar-refractivity contribution >= 4 is 136 Å². The average Bonchev–Trinajstić information content (AvgIpc) is 1.62. The Hall–Kier alpha value is -6.29. The van der Waals surface area contributed by atoms with Gasteiger partial charge < -0.3 is 58.3 Å². The molecule has 0 saturated carbocycles. The first kappa shape index (κ1) is 78.8. The van der Waals surface area contributed by atoms with Crippen LogP contribution >= 0.6 is 92.8 Å². The van der Waals surface area contributed by atoms with Crippen molar-refractivity contribution in [2.75, 3.05) is 54.4 Å². The maximum atomic E-state index is 13.9. The molecule has 4 aliphatic rings. The molecule has 0 radical (unpaired) electrons. The van der Waals surface area contributed by atoms with Crippen LogP contribution in [0.5, 0.6) is 0 Å². The Bertz CT molecular complexity index is 4970. The van der Waals surface area contributed by atoms with Gasteiger partial charge >= 0.3 is 0 Å².